The smallest absolute Gasteiger partial charge is 0.337 e. The van der Waals surface area contributed by atoms with Gasteiger partial charge in [0.15, 0.2) is 0 Å². The Morgan fingerprint density at radius 1 is 1.18 bits per heavy atom. The fourth-order valence-corrected chi connectivity index (χ4v) is 3.16. The van der Waals surface area contributed by atoms with Crippen molar-refractivity contribution in [3.8, 4) is 5.69 Å². The molecule has 4 aromatic rings. The van der Waals surface area contributed by atoms with Crippen LogP contribution in [0.1, 0.15) is 18.7 Å². The summed E-state index contributed by atoms with van der Waals surface area (Å²) in [5, 5.41) is 3.20. The van der Waals surface area contributed by atoms with E-state index in [4.69, 9.17) is 12.3 Å². The number of nitrogens with one attached hydrogen (secondary N) is 1. The van der Waals surface area contributed by atoms with Crippen LogP contribution in [0.15, 0.2) is 65.8 Å². The number of fused-ring (bicyclic) bond motifs is 1. The first-order valence-corrected chi connectivity index (χ1v) is 8.63. The molecule has 28 heavy (non-hydrogen) atoms. The SMILES string of the molecule is [C-]#[N+]c1c(N)ncnc1NC(C)c1cc2cccn2c(=O)n1-c1ccccc1. The zero-order valence-electron chi connectivity index (χ0n) is 15.1. The highest BCUT2D eigenvalue weighted by molar-refractivity contribution is 5.76. The molecule has 4 rings (SSSR count). The second kappa shape index (κ2) is 6.89. The largest absolute Gasteiger partial charge is 0.392 e. The lowest BCUT2D eigenvalue weighted by Gasteiger charge is -2.21. The Balaban J connectivity index is 1.88. The van der Waals surface area contributed by atoms with Crippen LogP contribution in [0.3, 0.4) is 0 Å². The molecule has 1 unspecified atom stereocenters. The van der Waals surface area contributed by atoms with Crippen molar-refractivity contribution in [1.82, 2.24) is 18.9 Å². The summed E-state index contributed by atoms with van der Waals surface area (Å²) in [6, 6.07) is 14.7. The van der Waals surface area contributed by atoms with Gasteiger partial charge < -0.3 is 11.1 Å². The average Bonchev–Trinajstić information content (AvgIpc) is 3.18. The maximum absolute atomic E-state index is 13.1. The Morgan fingerprint density at radius 2 is 1.96 bits per heavy atom. The zero-order chi connectivity index (χ0) is 19.7. The average molecular weight is 371 g/mol. The molecule has 0 radical (unpaired) electrons. The lowest BCUT2D eigenvalue weighted by molar-refractivity contribution is 0.740. The van der Waals surface area contributed by atoms with Gasteiger partial charge in [-0.2, -0.15) is 0 Å². The third-order valence-electron chi connectivity index (χ3n) is 4.51. The van der Waals surface area contributed by atoms with E-state index in [0.29, 0.717) is 5.82 Å². The van der Waals surface area contributed by atoms with Gasteiger partial charge in [0, 0.05) is 6.20 Å². The molecule has 3 heterocycles. The van der Waals surface area contributed by atoms with Crippen molar-refractivity contribution in [2.24, 2.45) is 0 Å². The molecule has 1 aromatic carbocycles. The van der Waals surface area contributed by atoms with Gasteiger partial charge in [-0.15, -0.1) is 0 Å². The topological polar surface area (TPSA) is 94.6 Å². The summed E-state index contributed by atoms with van der Waals surface area (Å²) < 4.78 is 3.24. The van der Waals surface area contributed by atoms with Crippen LogP contribution in [0.5, 0.6) is 0 Å². The van der Waals surface area contributed by atoms with Crippen LogP contribution in [0.2, 0.25) is 0 Å². The molecule has 0 fully saturated rings. The molecular weight excluding hydrogens is 354 g/mol. The summed E-state index contributed by atoms with van der Waals surface area (Å²) in [5.41, 5.74) is 8.04. The van der Waals surface area contributed by atoms with E-state index in [-0.39, 0.29) is 23.2 Å². The van der Waals surface area contributed by atoms with Gasteiger partial charge in [0.1, 0.15) is 18.0 Å². The number of nitrogens with two attached hydrogens (primary N) is 1. The fraction of sp³-hybridized carbons (Fsp3) is 0.100. The van der Waals surface area contributed by atoms with E-state index in [1.807, 2.05) is 55.5 Å². The number of anilines is 2. The van der Waals surface area contributed by atoms with Crippen LogP contribution < -0.4 is 16.7 Å². The van der Waals surface area contributed by atoms with Gasteiger partial charge in [0.25, 0.3) is 5.69 Å². The summed E-state index contributed by atoms with van der Waals surface area (Å²) in [5.74, 6) is 0.444. The number of rotatable bonds is 4. The number of para-hydroxylation sites is 1. The van der Waals surface area contributed by atoms with Crippen molar-refractivity contribution in [1.29, 1.82) is 0 Å². The lowest BCUT2D eigenvalue weighted by atomic mass is 10.2. The Morgan fingerprint density at radius 3 is 2.71 bits per heavy atom. The van der Waals surface area contributed by atoms with E-state index in [2.05, 4.69) is 20.1 Å². The quantitative estimate of drug-likeness (QED) is 0.537. The van der Waals surface area contributed by atoms with Gasteiger partial charge in [-0.05, 0) is 37.3 Å². The Hall–Kier alpha value is -4.12. The van der Waals surface area contributed by atoms with Gasteiger partial charge in [-0.3, -0.25) is 8.97 Å². The third-order valence-corrected chi connectivity index (χ3v) is 4.51. The van der Waals surface area contributed by atoms with Crippen molar-refractivity contribution in [2.75, 3.05) is 11.1 Å². The molecule has 0 aliphatic heterocycles. The molecule has 8 heteroatoms. The molecule has 3 aromatic heterocycles. The predicted molar refractivity (Wildman–Crippen MR) is 108 cm³/mol. The van der Waals surface area contributed by atoms with Crippen molar-refractivity contribution in [2.45, 2.75) is 13.0 Å². The number of hydrogen-bond acceptors (Lipinski definition) is 5. The van der Waals surface area contributed by atoms with Crippen LogP contribution in [-0.4, -0.2) is 18.9 Å². The third kappa shape index (κ3) is 2.85. The van der Waals surface area contributed by atoms with Crippen molar-refractivity contribution in [3.63, 3.8) is 0 Å². The van der Waals surface area contributed by atoms with Gasteiger partial charge in [0.05, 0.1) is 29.5 Å². The van der Waals surface area contributed by atoms with E-state index >= 15 is 0 Å². The number of benzene rings is 1. The molecule has 0 bridgehead atoms. The minimum atomic E-state index is -0.331. The molecule has 0 aliphatic rings. The van der Waals surface area contributed by atoms with E-state index in [1.54, 1.807) is 15.2 Å². The Bertz CT molecular complexity index is 1250. The first kappa shape index (κ1) is 17.3. The number of hydrogen-bond donors (Lipinski definition) is 2. The molecule has 1 atom stereocenters. The second-order valence-corrected chi connectivity index (χ2v) is 6.26. The molecular formula is C20H17N7O. The fourth-order valence-electron chi connectivity index (χ4n) is 3.16. The van der Waals surface area contributed by atoms with Crippen LogP contribution >= 0.6 is 0 Å². The molecule has 0 amide bonds. The van der Waals surface area contributed by atoms with Crippen LogP contribution in [0, 0.1) is 6.57 Å². The van der Waals surface area contributed by atoms with Crippen molar-refractivity contribution >= 4 is 22.8 Å². The van der Waals surface area contributed by atoms with Crippen molar-refractivity contribution < 1.29 is 0 Å². The number of aromatic nitrogens is 4. The number of nitrogens with zero attached hydrogens (tertiary/aromatic N) is 5. The zero-order valence-corrected chi connectivity index (χ0v) is 15.1. The van der Waals surface area contributed by atoms with E-state index < -0.39 is 0 Å². The Labute approximate surface area is 160 Å². The molecule has 3 N–H and O–H groups in total. The normalized spacial score (nSPS) is 11.9. The summed E-state index contributed by atoms with van der Waals surface area (Å²) >= 11 is 0. The highest BCUT2D eigenvalue weighted by Gasteiger charge is 2.18. The monoisotopic (exact) mass is 371 g/mol. The molecule has 8 nitrogen and oxygen atoms in total. The summed E-state index contributed by atoms with van der Waals surface area (Å²) in [7, 11) is 0. The van der Waals surface area contributed by atoms with Gasteiger partial charge in [0.2, 0.25) is 0 Å². The Kier molecular flexibility index (Phi) is 4.26. The predicted octanol–water partition coefficient (Wildman–Crippen LogP) is 3.19. The summed E-state index contributed by atoms with van der Waals surface area (Å²) in [4.78, 5) is 24.6. The molecule has 0 saturated carbocycles. The van der Waals surface area contributed by atoms with Gasteiger partial charge in [-0.1, -0.05) is 18.2 Å². The molecule has 0 aliphatic carbocycles. The summed E-state index contributed by atoms with van der Waals surface area (Å²) in [6.45, 7) is 9.24. The minimum Gasteiger partial charge on any atom is -0.392 e. The van der Waals surface area contributed by atoms with E-state index in [9.17, 15) is 4.79 Å². The maximum Gasteiger partial charge on any atom is 0.337 e. The van der Waals surface area contributed by atoms with Gasteiger partial charge >= 0.3 is 5.69 Å². The van der Waals surface area contributed by atoms with Gasteiger partial charge in [-0.25, -0.2) is 19.6 Å². The molecule has 138 valence electrons. The van der Waals surface area contributed by atoms with E-state index in [1.165, 1.54) is 6.33 Å². The molecule has 0 spiro atoms. The number of nitrogen functional groups attached to an aromatic ring is 1. The van der Waals surface area contributed by atoms with Crippen LogP contribution in [0.4, 0.5) is 17.3 Å². The van der Waals surface area contributed by atoms with Crippen LogP contribution in [-0.2, 0) is 0 Å². The highest BCUT2D eigenvalue weighted by Crippen LogP contribution is 2.30. The first-order valence-electron chi connectivity index (χ1n) is 8.63. The highest BCUT2D eigenvalue weighted by atomic mass is 16.1. The summed E-state index contributed by atoms with van der Waals surface area (Å²) in [6.07, 6.45) is 3.04. The maximum atomic E-state index is 13.1. The molecule has 0 saturated heterocycles. The lowest BCUT2D eigenvalue weighted by Crippen LogP contribution is -2.29. The first-order chi connectivity index (χ1) is 13.6. The van der Waals surface area contributed by atoms with E-state index in [0.717, 1.165) is 16.9 Å². The second-order valence-electron chi connectivity index (χ2n) is 6.26. The standard InChI is InChI=1S/C20H17N7O/c1-13(25-19-17(22-2)18(21)23-12-24-19)16-11-15-9-6-10-26(15)20(28)27(16)14-7-4-3-5-8-14/h3-13H,1H3,(H3,21,23,24,25). The van der Waals surface area contributed by atoms with Crippen molar-refractivity contribution in [3.05, 3.63) is 88.7 Å². The minimum absolute atomic E-state index is 0.113. The van der Waals surface area contributed by atoms with Crippen LogP contribution in [0.25, 0.3) is 16.0 Å².